The summed E-state index contributed by atoms with van der Waals surface area (Å²) in [6.45, 7) is 0. The van der Waals surface area contributed by atoms with Gasteiger partial charge in [0.1, 0.15) is 0 Å². The summed E-state index contributed by atoms with van der Waals surface area (Å²) < 4.78 is 40.4. The summed E-state index contributed by atoms with van der Waals surface area (Å²) in [6.07, 6.45) is -0.820. The minimum absolute atomic E-state index is 0.201. The highest BCUT2D eigenvalue weighted by atomic mass is 19.4. The lowest BCUT2D eigenvalue weighted by atomic mass is 9.92. The first-order chi connectivity index (χ1) is 8.88. The van der Waals surface area contributed by atoms with Crippen molar-refractivity contribution in [1.82, 2.24) is 0 Å². The third kappa shape index (κ3) is 3.32. The molecule has 2 rings (SSSR count). The van der Waals surface area contributed by atoms with Crippen molar-refractivity contribution in [3.8, 4) is 11.5 Å². The summed E-state index contributed by atoms with van der Waals surface area (Å²) in [5.74, 6) is -0.912. The Morgan fingerprint density at radius 1 is 1.26 bits per heavy atom. The second-order valence-electron chi connectivity index (χ2n) is 4.81. The molecular formula is C13H16F3NO2. The van der Waals surface area contributed by atoms with E-state index in [0.29, 0.717) is 5.56 Å². The largest absolute Gasteiger partial charge is 0.573 e. The first-order valence-electron chi connectivity index (χ1n) is 6.21. The number of aromatic hydroxyl groups is 1. The maximum atomic E-state index is 12.2. The van der Waals surface area contributed by atoms with Gasteiger partial charge in [0.05, 0.1) is 0 Å². The van der Waals surface area contributed by atoms with Gasteiger partial charge < -0.3 is 15.6 Å². The molecule has 1 aromatic rings. The molecule has 0 aliphatic heterocycles. The third-order valence-electron chi connectivity index (χ3n) is 3.52. The fraction of sp³-hybridized carbons (Fsp3) is 0.538. The van der Waals surface area contributed by atoms with Crippen molar-refractivity contribution in [2.24, 2.45) is 11.7 Å². The summed E-state index contributed by atoms with van der Waals surface area (Å²) in [5, 5.41) is 9.88. The van der Waals surface area contributed by atoms with E-state index in [2.05, 4.69) is 4.74 Å². The molecule has 1 aliphatic rings. The number of ether oxygens (including phenoxy) is 1. The number of hydrogen-bond donors (Lipinski definition) is 2. The van der Waals surface area contributed by atoms with Crippen LogP contribution in [0.1, 0.15) is 37.3 Å². The van der Waals surface area contributed by atoms with Crippen LogP contribution in [0.25, 0.3) is 0 Å². The quantitative estimate of drug-likeness (QED) is 0.888. The molecule has 1 fully saturated rings. The standard InChI is InChI=1S/C13H16F3NO2/c14-13(15,16)19-10-7-3-6-9(12(10)18)11(17)8-4-1-2-5-8/h3,6-8,11,18H,1-2,4-5,17H2/t11-/m1/s1. The van der Waals surface area contributed by atoms with Gasteiger partial charge in [0.25, 0.3) is 0 Å². The molecule has 3 N–H and O–H groups in total. The van der Waals surface area contributed by atoms with E-state index in [9.17, 15) is 18.3 Å². The zero-order valence-electron chi connectivity index (χ0n) is 10.3. The van der Waals surface area contributed by atoms with Gasteiger partial charge in [-0.3, -0.25) is 0 Å². The fourth-order valence-electron chi connectivity index (χ4n) is 2.59. The van der Waals surface area contributed by atoms with Gasteiger partial charge in [0.15, 0.2) is 11.5 Å². The van der Waals surface area contributed by atoms with Crippen LogP contribution in [0.5, 0.6) is 11.5 Å². The van der Waals surface area contributed by atoms with Gasteiger partial charge in [-0.05, 0) is 24.8 Å². The van der Waals surface area contributed by atoms with E-state index in [0.717, 1.165) is 31.7 Å². The monoisotopic (exact) mass is 275 g/mol. The molecule has 0 saturated heterocycles. The molecule has 1 aromatic carbocycles. The molecule has 0 aromatic heterocycles. The lowest BCUT2D eigenvalue weighted by Gasteiger charge is -2.21. The molecule has 0 unspecified atom stereocenters. The third-order valence-corrected chi connectivity index (χ3v) is 3.52. The lowest BCUT2D eigenvalue weighted by molar-refractivity contribution is -0.275. The molecule has 1 saturated carbocycles. The topological polar surface area (TPSA) is 55.5 Å². The molecule has 0 amide bonds. The molecule has 1 aliphatic carbocycles. The molecule has 106 valence electrons. The van der Waals surface area contributed by atoms with E-state index in [1.165, 1.54) is 6.07 Å². The Balaban J connectivity index is 2.23. The highest BCUT2D eigenvalue weighted by Gasteiger charge is 2.33. The Kier molecular flexibility index (Phi) is 3.89. The van der Waals surface area contributed by atoms with Crippen molar-refractivity contribution in [3.63, 3.8) is 0 Å². The van der Waals surface area contributed by atoms with Crippen molar-refractivity contribution < 1.29 is 23.0 Å². The summed E-state index contributed by atoms with van der Waals surface area (Å²) in [5.41, 5.74) is 6.35. The van der Waals surface area contributed by atoms with Crippen LogP contribution in [0, 0.1) is 5.92 Å². The maximum Gasteiger partial charge on any atom is 0.573 e. The first kappa shape index (κ1) is 14.0. The van der Waals surface area contributed by atoms with E-state index in [1.54, 1.807) is 6.07 Å². The fourth-order valence-corrected chi connectivity index (χ4v) is 2.59. The van der Waals surface area contributed by atoms with Gasteiger partial charge in [0.2, 0.25) is 0 Å². The van der Waals surface area contributed by atoms with Crippen LogP contribution < -0.4 is 10.5 Å². The molecule has 19 heavy (non-hydrogen) atoms. The van der Waals surface area contributed by atoms with E-state index < -0.39 is 23.9 Å². The minimum atomic E-state index is -4.83. The number of phenolic OH excluding ortho intramolecular Hbond substituents is 1. The minimum Gasteiger partial charge on any atom is -0.504 e. The number of halogens is 3. The maximum absolute atomic E-state index is 12.2. The summed E-state index contributed by atoms with van der Waals surface area (Å²) in [7, 11) is 0. The van der Waals surface area contributed by atoms with Crippen LogP contribution in [0.4, 0.5) is 13.2 Å². The highest BCUT2D eigenvalue weighted by Crippen LogP contribution is 2.41. The predicted molar refractivity (Wildman–Crippen MR) is 63.7 cm³/mol. The average molecular weight is 275 g/mol. The molecule has 6 heteroatoms. The first-order valence-corrected chi connectivity index (χ1v) is 6.21. The van der Waals surface area contributed by atoms with Gasteiger partial charge in [-0.1, -0.05) is 25.0 Å². The Morgan fingerprint density at radius 2 is 1.89 bits per heavy atom. The number of nitrogens with two attached hydrogens (primary N) is 1. The number of phenols is 1. The van der Waals surface area contributed by atoms with E-state index in [1.807, 2.05) is 0 Å². The van der Waals surface area contributed by atoms with Gasteiger partial charge in [-0.2, -0.15) is 0 Å². The molecule has 0 bridgehead atoms. The van der Waals surface area contributed by atoms with Gasteiger partial charge in [-0.15, -0.1) is 13.2 Å². The summed E-state index contributed by atoms with van der Waals surface area (Å²) >= 11 is 0. The van der Waals surface area contributed by atoms with Crippen molar-refractivity contribution in [2.45, 2.75) is 38.1 Å². The van der Waals surface area contributed by atoms with Crippen LogP contribution in [-0.2, 0) is 0 Å². The Hall–Kier alpha value is -1.43. The molecule has 1 atom stereocenters. The molecule has 0 radical (unpaired) electrons. The SMILES string of the molecule is N[C@@H](c1cccc(OC(F)(F)F)c1O)C1CCCC1. The predicted octanol–water partition coefficient (Wildman–Crippen LogP) is 3.48. The summed E-state index contributed by atoms with van der Waals surface area (Å²) in [4.78, 5) is 0. The van der Waals surface area contributed by atoms with Crippen LogP contribution >= 0.6 is 0 Å². The Morgan fingerprint density at radius 3 is 2.47 bits per heavy atom. The van der Waals surface area contributed by atoms with Crippen molar-refractivity contribution in [2.75, 3.05) is 0 Å². The Labute approximate surface area is 109 Å². The zero-order chi connectivity index (χ0) is 14.0. The number of rotatable bonds is 3. The van der Waals surface area contributed by atoms with Crippen molar-refractivity contribution in [1.29, 1.82) is 0 Å². The second-order valence-corrected chi connectivity index (χ2v) is 4.81. The molecule has 0 spiro atoms. The molecule has 3 nitrogen and oxygen atoms in total. The van der Waals surface area contributed by atoms with Gasteiger partial charge in [-0.25, -0.2) is 0 Å². The normalized spacial score (nSPS) is 18.5. The van der Waals surface area contributed by atoms with E-state index in [4.69, 9.17) is 5.73 Å². The van der Waals surface area contributed by atoms with Crippen LogP contribution in [-0.4, -0.2) is 11.5 Å². The highest BCUT2D eigenvalue weighted by molar-refractivity contribution is 5.47. The van der Waals surface area contributed by atoms with E-state index in [-0.39, 0.29) is 5.92 Å². The number of benzene rings is 1. The number of para-hydroxylation sites is 1. The van der Waals surface area contributed by atoms with Crippen LogP contribution in [0.2, 0.25) is 0 Å². The smallest absolute Gasteiger partial charge is 0.504 e. The average Bonchev–Trinajstić information content (AvgIpc) is 2.83. The number of alkyl halides is 3. The molecular weight excluding hydrogens is 259 g/mol. The summed E-state index contributed by atoms with van der Waals surface area (Å²) in [6, 6.07) is 3.57. The van der Waals surface area contributed by atoms with Crippen LogP contribution in [0.3, 0.4) is 0 Å². The van der Waals surface area contributed by atoms with Crippen LogP contribution in [0.15, 0.2) is 18.2 Å². The Bertz CT molecular complexity index is 442. The van der Waals surface area contributed by atoms with Crippen molar-refractivity contribution in [3.05, 3.63) is 23.8 Å². The molecule has 0 heterocycles. The number of hydrogen-bond acceptors (Lipinski definition) is 3. The second kappa shape index (κ2) is 5.28. The lowest BCUT2D eigenvalue weighted by Crippen LogP contribution is -2.21. The van der Waals surface area contributed by atoms with Gasteiger partial charge in [0, 0.05) is 11.6 Å². The van der Waals surface area contributed by atoms with Crippen molar-refractivity contribution >= 4 is 0 Å². The van der Waals surface area contributed by atoms with E-state index >= 15 is 0 Å². The van der Waals surface area contributed by atoms with Gasteiger partial charge >= 0.3 is 6.36 Å². The zero-order valence-corrected chi connectivity index (χ0v) is 10.3.